The van der Waals surface area contributed by atoms with E-state index in [4.69, 9.17) is 14.7 Å². The van der Waals surface area contributed by atoms with Crippen LogP contribution < -0.4 is 10.6 Å². The number of ether oxygens (including phenoxy) is 1. The zero-order valence-electron chi connectivity index (χ0n) is 22.0. The topological polar surface area (TPSA) is 95.9 Å². The molecule has 2 fully saturated rings. The first-order valence-corrected chi connectivity index (χ1v) is 14.3. The molecule has 0 spiro atoms. The summed E-state index contributed by atoms with van der Waals surface area (Å²) in [7, 11) is 1.74. The molecule has 3 unspecified atom stereocenters. The monoisotopic (exact) mass is 523 g/mol. The Kier molecular flexibility index (Phi) is 8.02. The molecule has 0 bridgehead atoms. The molecule has 37 heavy (non-hydrogen) atoms. The maximum absolute atomic E-state index is 13.9. The third-order valence-electron chi connectivity index (χ3n) is 7.83. The zero-order chi connectivity index (χ0) is 25.9. The molecular formula is C28H37N5O3S. The van der Waals surface area contributed by atoms with Crippen molar-refractivity contribution in [2.45, 2.75) is 70.5 Å². The maximum atomic E-state index is 13.9. The molecule has 4 aliphatic rings. The predicted octanol–water partition coefficient (Wildman–Crippen LogP) is 3.79. The lowest BCUT2D eigenvalue weighted by atomic mass is 9.81. The molecule has 1 aromatic heterocycles. The summed E-state index contributed by atoms with van der Waals surface area (Å²) in [4.78, 5) is 38.6. The summed E-state index contributed by atoms with van der Waals surface area (Å²) in [6, 6.07) is -0.193. The lowest BCUT2D eigenvalue weighted by Crippen LogP contribution is -2.45. The number of carbonyl (C=O) groups excluding carboxylic acids is 2. The van der Waals surface area contributed by atoms with E-state index < -0.39 is 6.04 Å². The minimum Gasteiger partial charge on any atom is -0.381 e. The summed E-state index contributed by atoms with van der Waals surface area (Å²) < 4.78 is 5.51. The van der Waals surface area contributed by atoms with E-state index in [2.05, 4.69) is 41.2 Å². The van der Waals surface area contributed by atoms with E-state index >= 15 is 0 Å². The second-order valence-corrected chi connectivity index (χ2v) is 11.2. The molecule has 2 saturated heterocycles. The summed E-state index contributed by atoms with van der Waals surface area (Å²) in [6.07, 6.45) is 11.9. The van der Waals surface area contributed by atoms with Crippen molar-refractivity contribution in [2.75, 3.05) is 26.8 Å². The van der Waals surface area contributed by atoms with Crippen LogP contribution in [0.4, 0.5) is 0 Å². The number of likely N-dealkylation sites (tertiary alicyclic amines) is 1. The van der Waals surface area contributed by atoms with Gasteiger partial charge in [-0.1, -0.05) is 12.2 Å². The van der Waals surface area contributed by atoms with Crippen LogP contribution in [0, 0.1) is 5.92 Å². The van der Waals surface area contributed by atoms with E-state index in [0.717, 1.165) is 47.7 Å². The van der Waals surface area contributed by atoms with Crippen LogP contribution in [-0.4, -0.2) is 66.3 Å². The van der Waals surface area contributed by atoms with Crippen LogP contribution in [0.5, 0.6) is 0 Å². The number of hydrogen-bond donors (Lipinski definition) is 2. The molecule has 1 aliphatic carbocycles. The van der Waals surface area contributed by atoms with Crippen molar-refractivity contribution in [3.8, 4) is 0 Å². The number of nitrogens with zero attached hydrogens (tertiary/aromatic N) is 3. The van der Waals surface area contributed by atoms with E-state index in [9.17, 15) is 9.59 Å². The van der Waals surface area contributed by atoms with Crippen molar-refractivity contribution < 1.29 is 14.3 Å². The molecule has 2 N–H and O–H groups in total. The van der Waals surface area contributed by atoms with Gasteiger partial charge in [-0.15, -0.1) is 11.3 Å². The number of fused-ring (bicyclic) bond motifs is 1. The number of hydrogen-bond acceptors (Lipinski definition) is 7. The van der Waals surface area contributed by atoms with Crippen LogP contribution in [-0.2, 0) is 14.3 Å². The molecular weight excluding hydrogens is 486 g/mol. The predicted molar refractivity (Wildman–Crippen MR) is 146 cm³/mol. The van der Waals surface area contributed by atoms with Gasteiger partial charge in [0.15, 0.2) is 0 Å². The Hall–Kier alpha value is -2.62. The standard InChI is InChI=1S/C28H37N5O3S/c1-17-15-21(20-7-4-5-8-22(20)30-17)23-16-37-27(31-23)24-9-6-12-33(24)28(35)25(19-10-13-36-14-11-19)32-26(34)18(2)29-3/h4,7,15-16,18,20,22,24,29H,5-6,8-14H2,1-3H3,(H,32,34)/t18-,20?,22?,24?/m0/s1. The molecule has 9 heteroatoms. The van der Waals surface area contributed by atoms with E-state index in [1.807, 2.05) is 4.90 Å². The zero-order valence-corrected chi connectivity index (χ0v) is 22.8. The number of dihydropyridines is 1. The average molecular weight is 524 g/mol. The Morgan fingerprint density at radius 2 is 2.05 bits per heavy atom. The molecule has 0 saturated carbocycles. The third-order valence-corrected chi connectivity index (χ3v) is 8.78. The Labute approximate surface area is 223 Å². The lowest BCUT2D eigenvalue weighted by molar-refractivity contribution is -0.131. The first kappa shape index (κ1) is 26.0. The van der Waals surface area contributed by atoms with Crippen molar-refractivity contribution >= 4 is 34.4 Å². The van der Waals surface area contributed by atoms with Gasteiger partial charge in [-0.3, -0.25) is 14.6 Å². The highest BCUT2D eigenvalue weighted by Gasteiger charge is 2.36. The van der Waals surface area contributed by atoms with Gasteiger partial charge in [-0.2, -0.15) is 0 Å². The molecule has 0 aromatic carbocycles. The van der Waals surface area contributed by atoms with Gasteiger partial charge in [0.05, 0.1) is 37.0 Å². The minimum atomic E-state index is -0.396. The van der Waals surface area contributed by atoms with Crippen LogP contribution in [0.15, 0.2) is 39.9 Å². The van der Waals surface area contributed by atoms with Gasteiger partial charge in [-0.05, 0) is 76.6 Å². The number of allylic oxidation sites excluding steroid dienone is 2. The molecule has 4 atom stereocenters. The highest BCUT2D eigenvalue weighted by atomic mass is 32.1. The summed E-state index contributed by atoms with van der Waals surface area (Å²) in [5, 5.41) is 9.02. The highest BCUT2D eigenvalue weighted by molar-refractivity contribution is 7.09. The van der Waals surface area contributed by atoms with Gasteiger partial charge in [0.25, 0.3) is 5.91 Å². The summed E-state index contributed by atoms with van der Waals surface area (Å²) >= 11 is 1.63. The molecule has 8 nitrogen and oxygen atoms in total. The summed E-state index contributed by atoms with van der Waals surface area (Å²) in [5.74, 6) is -0.0422. The number of likely N-dealkylation sites (N-methyl/N-ethyl adjacent to an activating group) is 1. The number of amides is 2. The number of carbonyl (C=O) groups is 2. The first-order chi connectivity index (χ1) is 18.0. The van der Waals surface area contributed by atoms with E-state index in [1.54, 1.807) is 25.3 Å². The lowest BCUT2D eigenvalue weighted by Gasteiger charge is -2.30. The molecule has 4 heterocycles. The first-order valence-electron chi connectivity index (χ1n) is 13.4. The van der Waals surface area contributed by atoms with Crippen LogP contribution in [0.2, 0.25) is 0 Å². The second kappa shape index (κ2) is 11.4. The number of aromatic nitrogens is 1. The fourth-order valence-electron chi connectivity index (χ4n) is 5.65. The van der Waals surface area contributed by atoms with Gasteiger partial charge in [-0.25, -0.2) is 4.98 Å². The van der Waals surface area contributed by atoms with Gasteiger partial charge in [0, 0.05) is 23.6 Å². The maximum Gasteiger partial charge on any atom is 0.270 e. The van der Waals surface area contributed by atoms with Crippen LogP contribution in [0.3, 0.4) is 0 Å². The Morgan fingerprint density at radius 3 is 2.84 bits per heavy atom. The number of thiazole rings is 1. The summed E-state index contributed by atoms with van der Waals surface area (Å²) in [6.45, 7) is 5.65. The average Bonchev–Trinajstić information content (AvgIpc) is 3.61. The Balaban J connectivity index is 1.40. The minimum absolute atomic E-state index is 0.0861. The number of aliphatic imine (C=N–C) groups is 1. The summed E-state index contributed by atoms with van der Waals surface area (Å²) in [5.41, 5.74) is 4.67. The van der Waals surface area contributed by atoms with Crippen molar-refractivity contribution in [1.82, 2.24) is 20.5 Å². The van der Waals surface area contributed by atoms with Gasteiger partial charge in [0.2, 0.25) is 5.91 Å². The third kappa shape index (κ3) is 5.49. The quantitative estimate of drug-likeness (QED) is 0.437. The highest BCUT2D eigenvalue weighted by Crippen LogP contribution is 2.40. The second-order valence-electron chi connectivity index (χ2n) is 10.3. The van der Waals surface area contributed by atoms with Crippen molar-refractivity contribution in [3.05, 3.63) is 45.6 Å². The molecule has 3 aliphatic heterocycles. The Bertz CT molecular complexity index is 1160. The van der Waals surface area contributed by atoms with Crippen LogP contribution in [0.1, 0.15) is 69.1 Å². The van der Waals surface area contributed by atoms with E-state index in [1.165, 1.54) is 5.57 Å². The number of nitrogens with one attached hydrogen (secondary N) is 2. The molecule has 0 radical (unpaired) electrons. The van der Waals surface area contributed by atoms with Crippen LogP contribution >= 0.6 is 11.3 Å². The largest absolute Gasteiger partial charge is 0.381 e. The van der Waals surface area contributed by atoms with Gasteiger partial charge in [0.1, 0.15) is 10.7 Å². The smallest absolute Gasteiger partial charge is 0.270 e. The molecule has 2 amide bonds. The van der Waals surface area contributed by atoms with Gasteiger partial charge >= 0.3 is 0 Å². The fourth-order valence-corrected chi connectivity index (χ4v) is 6.62. The van der Waals surface area contributed by atoms with Crippen molar-refractivity contribution in [2.24, 2.45) is 10.9 Å². The normalized spacial score (nSPS) is 26.3. The van der Waals surface area contributed by atoms with E-state index in [0.29, 0.717) is 38.3 Å². The van der Waals surface area contributed by atoms with Crippen molar-refractivity contribution in [3.63, 3.8) is 0 Å². The SMILES string of the molecule is CN[C@@H](C)C(=O)NC(C(=O)N1CCCC1c1nc(C2=CC(C)=NC3CCC=CC23)cs1)=C1CCOCC1. The van der Waals surface area contributed by atoms with Crippen LogP contribution in [0.25, 0.3) is 5.57 Å². The molecule has 5 rings (SSSR count). The Morgan fingerprint density at radius 1 is 1.24 bits per heavy atom. The van der Waals surface area contributed by atoms with Gasteiger partial charge < -0.3 is 20.3 Å². The van der Waals surface area contributed by atoms with E-state index in [-0.39, 0.29) is 29.8 Å². The molecule has 1 aromatic rings. The number of rotatable bonds is 6. The van der Waals surface area contributed by atoms with Crippen molar-refractivity contribution in [1.29, 1.82) is 0 Å². The fraction of sp³-hybridized carbons (Fsp3) is 0.571. The molecule has 198 valence electrons.